The predicted octanol–water partition coefficient (Wildman–Crippen LogP) is 1.17. The Hall–Kier alpha value is -3.68. The van der Waals surface area contributed by atoms with Crippen molar-refractivity contribution in [3.63, 3.8) is 0 Å². The molecule has 0 unspecified atom stereocenters. The van der Waals surface area contributed by atoms with Gasteiger partial charge in [-0.25, -0.2) is 0 Å². The zero-order valence-electron chi connectivity index (χ0n) is 16.0. The van der Waals surface area contributed by atoms with Crippen molar-refractivity contribution >= 4 is 23.4 Å². The molecule has 1 atom stereocenters. The standard InChI is InChI=1S/C21H22N4O4/c1-29-24-17-11-18(20(27)23-12-19(22)26)25(13-17)21(28)16-9-7-15(8-10-16)14-5-3-2-4-6-14/h2-10,18H,11-13H2,1H3,(H2,22,26)(H,23,27)/t18-/m0/s1. The van der Waals surface area contributed by atoms with Crippen LogP contribution >= 0.6 is 0 Å². The van der Waals surface area contributed by atoms with E-state index in [1.165, 1.54) is 12.0 Å². The number of nitrogens with zero attached hydrogens (tertiary/aromatic N) is 2. The van der Waals surface area contributed by atoms with Crippen molar-refractivity contribution in [2.75, 3.05) is 20.2 Å². The zero-order chi connectivity index (χ0) is 20.8. The average Bonchev–Trinajstić information content (AvgIpc) is 3.16. The van der Waals surface area contributed by atoms with Crippen LogP contribution in [0.4, 0.5) is 0 Å². The van der Waals surface area contributed by atoms with Gasteiger partial charge in [-0.3, -0.25) is 14.4 Å². The van der Waals surface area contributed by atoms with Crippen LogP contribution in [0.15, 0.2) is 59.8 Å². The number of hydrogen-bond acceptors (Lipinski definition) is 5. The van der Waals surface area contributed by atoms with E-state index in [4.69, 9.17) is 10.6 Å². The van der Waals surface area contributed by atoms with E-state index in [-0.39, 0.29) is 25.4 Å². The van der Waals surface area contributed by atoms with E-state index in [1.54, 1.807) is 12.1 Å². The molecule has 1 aliphatic rings. The fraction of sp³-hybridized carbons (Fsp3) is 0.238. The highest BCUT2D eigenvalue weighted by molar-refractivity contribution is 6.05. The smallest absolute Gasteiger partial charge is 0.254 e. The molecule has 0 bridgehead atoms. The molecule has 1 heterocycles. The number of nitrogens with two attached hydrogens (primary N) is 1. The fourth-order valence-electron chi connectivity index (χ4n) is 3.24. The maximum Gasteiger partial charge on any atom is 0.254 e. The maximum absolute atomic E-state index is 13.1. The molecule has 150 valence electrons. The number of nitrogens with one attached hydrogen (secondary N) is 1. The van der Waals surface area contributed by atoms with Gasteiger partial charge in [0.1, 0.15) is 13.2 Å². The number of likely N-dealkylation sites (tertiary alicyclic amines) is 1. The Labute approximate surface area is 168 Å². The van der Waals surface area contributed by atoms with Crippen molar-refractivity contribution in [1.29, 1.82) is 0 Å². The largest absolute Gasteiger partial charge is 0.399 e. The highest BCUT2D eigenvalue weighted by Crippen LogP contribution is 2.23. The molecule has 0 aliphatic carbocycles. The summed E-state index contributed by atoms with van der Waals surface area (Å²) in [5, 5.41) is 6.33. The van der Waals surface area contributed by atoms with Crippen LogP contribution in [-0.2, 0) is 14.4 Å². The Morgan fingerprint density at radius 2 is 1.76 bits per heavy atom. The van der Waals surface area contributed by atoms with E-state index in [0.29, 0.717) is 11.3 Å². The minimum absolute atomic E-state index is 0.168. The van der Waals surface area contributed by atoms with Crippen LogP contribution in [0.3, 0.4) is 0 Å². The van der Waals surface area contributed by atoms with Gasteiger partial charge in [0.2, 0.25) is 11.8 Å². The molecule has 29 heavy (non-hydrogen) atoms. The number of primary amides is 1. The summed E-state index contributed by atoms with van der Waals surface area (Å²) in [7, 11) is 1.40. The van der Waals surface area contributed by atoms with Crippen LogP contribution in [0.1, 0.15) is 16.8 Å². The van der Waals surface area contributed by atoms with Crippen molar-refractivity contribution in [3.8, 4) is 11.1 Å². The number of benzene rings is 2. The SMILES string of the molecule is CON=C1C[C@@H](C(=O)NCC(N)=O)N(C(=O)c2ccc(-c3ccccc3)cc2)C1. The molecule has 3 rings (SSSR count). The molecular weight excluding hydrogens is 372 g/mol. The zero-order valence-corrected chi connectivity index (χ0v) is 16.0. The maximum atomic E-state index is 13.1. The molecule has 1 saturated heterocycles. The summed E-state index contributed by atoms with van der Waals surface area (Å²) in [5.41, 5.74) is 8.14. The van der Waals surface area contributed by atoms with E-state index >= 15 is 0 Å². The molecule has 1 aliphatic heterocycles. The van der Waals surface area contributed by atoms with Crippen molar-refractivity contribution in [1.82, 2.24) is 10.2 Å². The van der Waals surface area contributed by atoms with Crippen LogP contribution < -0.4 is 11.1 Å². The second-order valence-corrected chi connectivity index (χ2v) is 6.62. The minimum atomic E-state index is -0.787. The average molecular weight is 394 g/mol. The summed E-state index contributed by atoms with van der Waals surface area (Å²) in [5.74, 6) is -1.42. The number of hydrogen-bond donors (Lipinski definition) is 2. The first-order valence-corrected chi connectivity index (χ1v) is 9.11. The van der Waals surface area contributed by atoms with Gasteiger partial charge in [-0.2, -0.15) is 0 Å². The molecule has 0 spiro atoms. The van der Waals surface area contributed by atoms with Gasteiger partial charge < -0.3 is 20.8 Å². The molecule has 8 nitrogen and oxygen atoms in total. The quantitative estimate of drug-likeness (QED) is 0.716. The molecule has 2 aromatic rings. The van der Waals surface area contributed by atoms with E-state index in [0.717, 1.165) is 11.1 Å². The fourth-order valence-corrected chi connectivity index (χ4v) is 3.24. The second-order valence-electron chi connectivity index (χ2n) is 6.62. The first-order chi connectivity index (χ1) is 14.0. The number of oxime groups is 1. The van der Waals surface area contributed by atoms with Crippen molar-refractivity contribution < 1.29 is 19.2 Å². The molecule has 1 fully saturated rings. The number of carbonyl (C=O) groups is 3. The van der Waals surface area contributed by atoms with E-state index < -0.39 is 17.9 Å². The van der Waals surface area contributed by atoms with Gasteiger partial charge in [0.15, 0.2) is 0 Å². The highest BCUT2D eigenvalue weighted by atomic mass is 16.6. The van der Waals surface area contributed by atoms with Crippen LogP contribution in [-0.4, -0.2) is 54.6 Å². The molecule has 0 radical (unpaired) electrons. The van der Waals surface area contributed by atoms with Crippen molar-refractivity contribution in [2.45, 2.75) is 12.5 Å². The normalized spacial score (nSPS) is 17.2. The van der Waals surface area contributed by atoms with Gasteiger partial charge in [-0.05, 0) is 23.3 Å². The Balaban J connectivity index is 1.80. The molecule has 3 N–H and O–H groups in total. The summed E-state index contributed by atoms with van der Waals surface area (Å²) in [6, 6.07) is 16.2. The van der Waals surface area contributed by atoms with Crippen LogP contribution in [0, 0.1) is 0 Å². The first-order valence-electron chi connectivity index (χ1n) is 9.11. The van der Waals surface area contributed by atoms with Crippen molar-refractivity contribution in [2.24, 2.45) is 10.9 Å². The summed E-state index contributed by atoms with van der Waals surface area (Å²) < 4.78 is 0. The van der Waals surface area contributed by atoms with E-state index in [1.807, 2.05) is 42.5 Å². The van der Waals surface area contributed by atoms with Crippen molar-refractivity contribution in [3.05, 3.63) is 60.2 Å². The van der Waals surface area contributed by atoms with Crippen LogP contribution in [0.5, 0.6) is 0 Å². The molecule has 0 aromatic heterocycles. The summed E-state index contributed by atoms with van der Waals surface area (Å²) in [6.45, 7) is -0.123. The summed E-state index contributed by atoms with van der Waals surface area (Å²) in [4.78, 5) is 42.7. The lowest BCUT2D eigenvalue weighted by atomic mass is 10.0. The lowest BCUT2D eigenvalue weighted by Gasteiger charge is -2.23. The van der Waals surface area contributed by atoms with Crippen LogP contribution in [0.2, 0.25) is 0 Å². The Morgan fingerprint density at radius 3 is 2.38 bits per heavy atom. The molecule has 0 saturated carbocycles. The van der Waals surface area contributed by atoms with Gasteiger partial charge in [-0.15, -0.1) is 0 Å². The monoisotopic (exact) mass is 394 g/mol. The molecule has 2 aromatic carbocycles. The predicted molar refractivity (Wildman–Crippen MR) is 108 cm³/mol. The Bertz CT molecular complexity index is 925. The van der Waals surface area contributed by atoms with Gasteiger partial charge in [0, 0.05) is 12.0 Å². The highest BCUT2D eigenvalue weighted by Gasteiger charge is 2.38. The first kappa shape index (κ1) is 20.1. The molecule has 8 heteroatoms. The van der Waals surface area contributed by atoms with Gasteiger partial charge >= 0.3 is 0 Å². The third-order valence-electron chi connectivity index (χ3n) is 4.62. The number of carbonyl (C=O) groups excluding carboxylic acids is 3. The third-order valence-corrected chi connectivity index (χ3v) is 4.62. The second kappa shape index (κ2) is 9.01. The van der Waals surface area contributed by atoms with Crippen LogP contribution in [0.25, 0.3) is 11.1 Å². The van der Waals surface area contributed by atoms with Gasteiger partial charge in [0.25, 0.3) is 5.91 Å². The number of rotatable bonds is 6. The number of amides is 3. The lowest BCUT2D eigenvalue weighted by molar-refractivity contribution is -0.127. The van der Waals surface area contributed by atoms with Gasteiger partial charge in [-0.1, -0.05) is 47.6 Å². The Kier molecular flexibility index (Phi) is 6.23. The van der Waals surface area contributed by atoms with E-state index in [2.05, 4.69) is 10.5 Å². The summed E-state index contributed by atoms with van der Waals surface area (Å²) in [6.07, 6.45) is 0.228. The minimum Gasteiger partial charge on any atom is -0.399 e. The third kappa shape index (κ3) is 4.78. The van der Waals surface area contributed by atoms with E-state index in [9.17, 15) is 14.4 Å². The molecular formula is C21H22N4O4. The summed E-state index contributed by atoms with van der Waals surface area (Å²) >= 11 is 0. The topological polar surface area (TPSA) is 114 Å². The Morgan fingerprint density at radius 1 is 1.10 bits per heavy atom. The molecule has 3 amide bonds. The lowest BCUT2D eigenvalue weighted by Crippen LogP contribution is -2.47. The van der Waals surface area contributed by atoms with Gasteiger partial charge in [0.05, 0.1) is 18.8 Å².